The average molecular weight is 341 g/mol. The van der Waals surface area contributed by atoms with Gasteiger partial charge in [0, 0.05) is 24.1 Å². The fraction of sp³-hybridized carbons (Fsp3) is 0.150. The van der Waals surface area contributed by atoms with Gasteiger partial charge in [-0.1, -0.05) is 60.2 Å². The lowest BCUT2D eigenvalue weighted by Crippen LogP contribution is -2.39. The summed E-state index contributed by atoms with van der Waals surface area (Å²) >= 11 is 5.87. The van der Waals surface area contributed by atoms with E-state index in [9.17, 15) is 4.79 Å². The maximum Gasteiger partial charge on any atom is 0.340 e. The van der Waals surface area contributed by atoms with Gasteiger partial charge in [0.05, 0.1) is 5.56 Å². The number of carbonyl (C=O) groups excluding carboxylic acids is 1. The Labute approximate surface area is 146 Å². The highest BCUT2D eigenvalue weighted by molar-refractivity contribution is 6.30. The molecule has 3 rings (SSSR count). The summed E-state index contributed by atoms with van der Waals surface area (Å²) in [6.07, 6.45) is 6.22. The smallest absolute Gasteiger partial charge is 0.340 e. The van der Waals surface area contributed by atoms with E-state index in [1.54, 1.807) is 31.4 Å². The molecule has 0 heterocycles. The number of allylic oxidation sites excluding steroid dienone is 2. The largest absolute Gasteiger partial charge is 0.425 e. The Morgan fingerprint density at radius 2 is 1.79 bits per heavy atom. The maximum absolute atomic E-state index is 12.6. The SMILES string of the molecule is COC1(OC(=O)c2ccc(Cl)cc2)CC=CC=C1c1ccccc1. The van der Waals surface area contributed by atoms with Crippen molar-refractivity contribution in [2.75, 3.05) is 7.11 Å². The van der Waals surface area contributed by atoms with Gasteiger partial charge in [-0.05, 0) is 29.8 Å². The zero-order valence-electron chi connectivity index (χ0n) is 13.2. The summed E-state index contributed by atoms with van der Waals surface area (Å²) in [5, 5.41) is 0.568. The van der Waals surface area contributed by atoms with Crippen LogP contribution in [0.3, 0.4) is 0 Å². The Hall–Kier alpha value is -2.36. The molecule has 122 valence electrons. The minimum atomic E-state index is -1.15. The van der Waals surface area contributed by atoms with Gasteiger partial charge in [-0.15, -0.1) is 0 Å². The minimum Gasteiger partial charge on any atom is -0.425 e. The van der Waals surface area contributed by atoms with Gasteiger partial charge in [-0.25, -0.2) is 4.79 Å². The molecule has 1 aliphatic carbocycles. The van der Waals surface area contributed by atoms with E-state index in [4.69, 9.17) is 21.1 Å². The molecule has 3 nitrogen and oxygen atoms in total. The van der Waals surface area contributed by atoms with Gasteiger partial charge in [0.2, 0.25) is 5.79 Å². The van der Waals surface area contributed by atoms with Crippen LogP contribution in [0, 0.1) is 0 Å². The first-order valence-corrected chi connectivity index (χ1v) is 7.99. The summed E-state index contributed by atoms with van der Waals surface area (Å²) < 4.78 is 11.5. The van der Waals surface area contributed by atoms with Crippen LogP contribution in [-0.4, -0.2) is 18.9 Å². The summed E-state index contributed by atoms with van der Waals surface area (Å²) in [4.78, 5) is 12.6. The van der Waals surface area contributed by atoms with Crippen molar-refractivity contribution in [1.82, 2.24) is 0 Å². The molecule has 24 heavy (non-hydrogen) atoms. The third-order valence-electron chi connectivity index (χ3n) is 3.95. The molecule has 0 aliphatic heterocycles. The molecule has 2 aromatic rings. The molecule has 0 bridgehead atoms. The molecule has 0 aromatic heterocycles. The second-order valence-electron chi connectivity index (χ2n) is 5.43. The maximum atomic E-state index is 12.6. The second kappa shape index (κ2) is 7.04. The molecule has 2 aromatic carbocycles. The van der Waals surface area contributed by atoms with Crippen LogP contribution in [0.25, 0.3) is 5.57 Å². The van der Waals surface area contributed by atoms with Gasteiger partial charge < -0.3 is 9.47 Å². The highest BCUT2D eigenvalue weighted by Gasteiger charge is 2.39. The van der Waals surface area contributed by atoms with Gasteiger partial charge in [-0.2, -0.15) is 0 Å². The normalized spacial score (nSPS) is 19.7. The number of hydrogen-bond donors (Lipinski definition) is 0. The number of benzene rings is 2. The van der Waals surface area contributed by atoms with E-state index >= 15 is 0 Å². The average Bonchev–Trinajstić information content (AvgIpc) is 2.63. The molecule has 0 radical (unpaired) electrons. The molecule has 4 heteroatoms. The molecule has 1 unspecified atom stereocenters. The topological polar surface area (TPSA) is 35.5 Å². The lowest BCUT2D eigenvalue weighted by Gasteiger charge is -2.35. The van der Waals surface area contributed by atoms with E-state index in [1.807, 2.05) is 48.6 Å². The zero-order chi connectivity index (χ0) is 17.0. The lowest BCUT2D eigenvalue weighted by molar-refractivity contribution is -0.141. The second-order valence-corrected chi connectivity index (χ2v) is 5.87. The fourth-order valence-electron chi connectivity index (χ4n) is 2.68. The number of carbonyl (C=O) groups is 1. The first kappa shape index (κ1) is 16.5. The summed E-state index contributed by atoms with van der Waals surface area (Å²) in [5.41, 5.74) is 2.20. The number of methoxy groups -OCH3 is 1. The van der Waals surface area contributed by atoms with E-state index in [0.717, 1.165) is 11.1 Å². The fourth-order valence-corrected chi connectivity index (χ4v) is 2.81. The standard InChI is InChI=1S/C20H17ClO3/c1-23-20(24-19(22)16-10-12-17(21)13-11-16)14-6-5-9-18(20)15-7-3-2-4-8-15/h2-13H,14H2,1H3. The molecule has 0 saturated heterocycles. The van der Waals surface area contributed by atoms with Crippen LogP contribution in [0.1, 0.15) is 22.3 Å². The first-order valence-electron chi connectivity index (χ1n) is 7.61. The van der Waals surface area contributed by atoms with Crippen LogP contribution in [-0.2, 0) is 9.47 Å². The van der Waals surface area contributed by atoms with Gasteiger partial charge in [-0.3, -0.25) is 0 Å². The van der Waals surface area contributed by atoms with Crippen LogP contribution in [0.15, 0.2) is 72.8 Å². The molecule has 0 amide bonds. The van der Waals surface area contributed by atoms with Crippen LogP contribution < -0.4 is 0 Å². The van der Waals surface area contributed by atoms with Crippen molar-refractivity contribution in [3.8, 4) is 0 Å². The van der Waals surface area contributed by atoms with Gasteiger partial charge in [0.25, 0.3) is 0 Å². The third kappa shape index (κ3) is 3.28. The zero-order valence-corrected chi connectivity index (χ0v) is 14.0. The number of esters is 1. The summed E-state index contributed by atoms with van der Waals surface area (Å²) in [7, 11) is 1.55. The van der Waals surface area contributed by atoms with Crippen molar-refractivity contribution in [3.05, 3.63) is 89.0 Å². The monoisotopic (exact) mass is 340 g/mol. The number of hydrogen-bond acceptors (Lipinski definition) is 3. The summed E-state index contributed by atoms with van der Waals surface area (Å²) in [6.45, 7) is 0. The van der Waals surface area contributed by atoms with E-state index < -0.39 is 11.8 Å². The molecule has 0 spiro atoms. The summed E-state index contributed by atoms with van der Waals surface area (Å²) in [6, 6.07) is 16.3. The Kier molecular flexibility index (Phi) is 4.84. The van der Waals surface area contributed by atoms with E-state index in [1.165, 1.54) is 0 Å². The predicted molar refractivity (Wildman–Crippen MR) is 94.8 cm³/mol. The van der Waals surface area contributed by atoms with Crippen molar-refractivity contribution < 1.29 is 14.3 Å². The van der Waals surface area contributed by atoms with Crippen LogP contribution >= 0.6 is 11.6 Å². The van der Waals surface area contributed by atoms with Gasteiger partial charge in [0.1, 0.15) is 0 Å². The Morgan fingerprint density at radius 3 is 2.46 bits per heavy atom. The van der Waals surface area contributed by atoms with E-state index in [0.29, 0.717) is 17.0 Å². The van der Waals surface area contributed by atoms with Crippen LogP contribution in [0.2, 0.25) is 5.02 Å². The first-order chi connectivity index (χ1) is 11.6. The minimum absolute atomic E-state index is 0.429. The van der Waals surface area contributed by atoms with Crippen LogP contribution in [0.5, 0.6) is 0 Å². The molecule has 1 aliphatic rings. The Morgan fingerprint density at radius 1 is 1.08 bits per heavy atom. The van der Waals surface area contributed by atoms with Crippen LogP contribution in [0.4, 0.5) is 0 Å². The van der Waals surface area contributed by atoms with E-state index in [-0.39, 0.29) is 0 Å². The van der Waals surface area contributed by atoms with E-state index in [2.05, 4.69) is 0 Å². The Balaban J connectivity index is 1.93. The number of ether oxygens (including phenoxy) is 2. The summed E-state index contributed by atoms with van der Waals surface area (Å²) in [5.74, 6) is -1.60. The quantitative estimate of drug-likeness (QED) is 0.587. The predicted octanol–water partition coefficient (Wildman–Crippen LogP) is 4.88. The van der Waals surface area contributed by atoms with Crippen molar-refractivity contribution >= 4 is 23.1 Å². The Bertz CT molecular complexity index is 778. The van der Waals surface area contributed by atoms with Crippen molar-refractivity contribution in [1.29, 1.82) is 0 Å². The molecule has 0 N–H and O–H groups in total. The molecule has 1 atom stereocenters. The highest BCUT2D eigenvalue weighted by Crippen LogP contribution is 2.38. The molecule has 0 saturated carbocycles. The third-order valence-corrected chi connectivity index (χ3v) is 4.20. The van der Waals surface area contributed by atoms with Crippen molar-refractivity contribution in [2.24, 2.45) is 0 Å². The highest BCUT2D eigenvalue weighted by atomic mass is 35.5. The lowest BCUT2D eigenvalue weighted by atomic mass is 9.91. The van der Waals surface area contributed by atoms with Crippen molar-refractivity contribution in [3.63, 3.8) is 0 Å². The molecular weight excluding hydrogens is 324 g/mol. The number of rotatable bonds is 4. The molecular formula is C20H17ClO3. The van der Waals surface area contributed by atoms with Gasteiger partial charge >= 0.3 is 5.97 Å². The van der Waals surface area contributed by atoms with Gasteiger partial charge in [0.15, 0.2) is 0 Å². The number of halogens is 1. The molecule has 0 fully saturated rings. The van der Waals surface area contributed by atoms with Crippen molar-refractivity contribution in [2.45, 2.75) is 12.2 Å².